The van der Waals surface area contributed by atoms with E-state index in [0.717, 1.165) is 6.42 Å². The summed E-state index contributed by atoms with van der Waals surface area (Å²) in [6.07, 6.45) is 4.93. The maximum atomic E-state index is 5.76. The van der Waals surface area contributed by atoms with Crippen molar-refractivity contribution in [3.63, 3.8) is 0 Å². The number of rotatable bonds is 4. The molecule has 2 atom stereocenters. The minimum absolute atomic E-state index is 0.0797. The second-order valence-electron chi connectivity index (χ2n) is 2.91. The molecule has 0 aliphatic heterocycles. The van der Waals surface area contributed by atoms with E-state index in [-0.39, 0.29) is 11.0 Å². The van der Waals surface area contributed by atoms with Gasteiger partial charge in [-0.15, -0.1) is 11.6 Å². The molecule has 0 aliphatic carbocycles. The molecule has 0 rings (SSSR count). The van der Waals surface area contributed by atoms with E-state index in [1.165, 1.54) is 0 Å². The molecule has 0 aromatic carbocycles. The lowest BCUT2D eigenvalue weighted by Gasteiger charge is -2.22. The van der Waals surface area contributed by atoms with Crippen LogP contribution >= 0.6 is 11.6 Å². The molecule has 2 heteroatoms. The van der Waals surface area contributed by atoms with Crippen LogP contribution in [-0.4, -0.2) is 18.1 Å². The Bertz CT molecular complexity index is 126. The smallest absolute Gasteiger partial charge is 0.0828 e. The summed E-state index contributed by atoms with van der Waals surface area (Å²) in [6.45, 7) is 6.07. The predicted octanol–water partition coefficient (Wildman–Crippen LogP) is 2.99. The van der Waals surface area contributed by atoms with Crippen LogP contribution in [0.5, 0.6) is 0 Å². The van der Waals surface area contributed by atoms with E-state index in [1.807, 2.05) is 26.0 Å². The fraction of sp³-hybridized carbons (Fsp3) is 0.778. The molecule has 0 amide bonds. The summed E-state index contributed by atoms with van der Waals surface area (Å²) in [5, 5.41) is 0.0797. The number of hydrogen-bond donors (Lipinski definition) is 0. The molecule has 0 saturated heterocycles. The van der Waals surface area contributed by atoms with Gasteiger partial charge in [0, 0.05) is 12.5 Å². The molecule has 0 spiro atoms. The van der Waals surface area contributed by atoms with Crippen LogP contribution in [0, 0.1) is 0 Å². The topological polar surface area (TPSA) is 9.23 Å². The van der Waals surface area contributed by atoms with E-state index in [0.29, 0.717) is 0 Å². The number of allylic oxidation sites excluding steroid dienone is 1. The van der Waals surface area contributed by atoms with Crippen molar-refractivity contribution >= 4 is 11.6 Å². The number of hydrogen-bond acceptors (Lipinski definition) is 1. The molecule has 0 aromatic rings. The molecular formula is C9H17ClO. The second-order valence-corrected chi connectivity index (χ2v) is 3.60. The lowest BCUT2D eigenvalue weighted by molar-refractivity contribution is 0.0454. The van der Waals surface area contributed by atoms with Gasteiger partial charge >= 0.3 is 0 Å². The third-order valence-corrected chi connectivity index (χ3v) is 2.03. The van der Waals surface area contributed by atoms with Crippen LogP contribution in [0.1, 0.15) is 27.2 Å². The summed E-state index contributed by atoms with van der Waals surface area (Å²) < 4.78 is 5.29. The normalized spacial score (nSPS) is 20.1. The number of ether oxygens (including phenoxy) is 1. The largest absolute Gasteiger partial charge is 0.374 e. The minimum atomic E-state index is -0.150. The highest BCUT2D eigenvalue weighted by Crippen LogP contribution is 2.16. The van der Waals surface area contributed by atoms with Crippen molar-refractivity contribution in [1.82, 2.24) is 0 Å². The van der Waals surface area contributed by atoms with E-state index in [2.05, 4.69) is 6.92 Å². The molecule has 0 aromatic heterocycles. The summed E-state index contributed by atoms with van der Waals surface area (Å²) in [5.74, 6) is 0. The molecule has 66 valence electrons. The molecule has 0 bridgehead atoms. The van der Waals surface area contributed by atoms with Crippen LogP contribution in [0.25, 0.3) is 0 Å². The summed E-state index contributed by atoms with van der Waals surface area (Å²) >= 11 is 5.76. The molecule has 1 nitrogen and oxygen atoms in total. The maximum Gasteiger partial charge on any atom is 0.0828 e. The van der Waals surface area contributed by atoms with Gasteiger partial charge < -0.3 is 4.74 Å². The molecule has 0 heterocycles. The van der Waals surface area contributed by atoms with Crippen LogP contribution in [0.4, 0.5) is 0 Å². The molecule has 0 aliphatic rings. The van der Waals surface area contributed by atoms with Gasteiger partial charge in [-0.2, -0.15) is 0 Å². The first-order chi connectivity index (χ1) is 5.04. The van der Waals surface area contributed by atoms with Gasteiger partial charge in [0.1, 0.15) is 0 Å². The molecule has 0 fully saturated rings. The molecule has 0 radical (unpaired) electrons. The Balaban J connectivity index is 4.06. The van der Waals surface area contributed by atoms with Gasteiger partial charge in [-0.05, 0) is 20.3 Å². The summed E-state index contributed by atoms with van der Waals surface area (Å²) in [6, 6.07) is 0. The fourth-order valence-corrected chi connectivity index (χ4v) is 0.739. The van der Waals surface area contributed by atoms with Gasteiger partial charge in [0.15, 0.2) is 0 Å². The van der Waals surface area contributed by atoms with Crippen LogP contribution in [0.3, 0.4) is 0 Å². The third kappa shape index (κ3) is 4.44. The van der Waals surface area contributed by atoms with Gasteiger partial charge in [-0.25, -0.2) is 0 Å². The quantitative estimate of drug-likeness (QED) is 0.473. The molecular weight excluding hydrogens is 160 g/mol. The zero-order valence-electron chi connectivity index (χ0n) is 7.73. The average Bonchev–Trinajstić information content (AvgIpc) is 2.00. The van der Waals surface area contributed by atoms with E-state index in [1.54, 1.807) is 7.11 Å². The van der Waals surface area contributed by atoms with Gasteiger partial charge in [0.05, 0.1) is 5.60 Å². The Kier molecular flexibility index (Phi) is 4.78. The first-order valence-corrected chi connectivity index (χ1v) is 4.36. The van der Waals surface area contributed by atoms with Crippen molar-refractivity contribution in [3.05, 3.63) is 12.2 Å². The summed E-state index contributed by atoms with van der Waals surface area (Å²) in [7, 11) is 1.72. The zero-order chi connectivity index (χ0) is 8.91. The van der Waals surface area contributed by atoms with Crippen molar-refractivity contribution in [2.24, 2.45) is 0 Å². The average molecular weight is 177 g/mol. The molecule has 2 unspecified atom stereocenters. The Morgan fingerprint density at radius 1 is 1.64 bits per heavy atom. The van der Waals surface area contributed by atoms with Crippen molar-refractivity contribution in [1.29, 1.82) is 0 Å². The van der Waals surface area contributed by atoms with Crippen LogP contribution in [-0.2, 0) is 4.74 Å². The summed E-state index contributed by atoms with van der Waals surface area (Å²) in [5.41, 5.74) is -0.150. The highest BCUT2D eigenvalue weighted by atomic mass is 35.5. The first-order valence-electron chi connectivity index (χ1n) is 3.92. The van der Waals surface area contributed by atoms with Crippen molar-refractivity contribution in [2.75, 3.05) is 7.11 Å². The standard InChI is InChI=1S/C9H17ClO/c1-5-9(3,11-4)7-6-8(2)10/h6-8H,5H2,1-4H3/b7-6+. The van der Waals surface area contributed by atoms with Crippen LogP contribution in [0.2, 0.25) is 0 Å². The van der Waals surface area contributed by atoms with Gasteiger partial charge in [0.25, 0.3) is 0 Å². The Hall–Kier alpha value is -0.0100. The minimum Gasteiger partial charge on any atom is -0.374 e. The SMILES string of the molecule is CCC(C)(/C=C/C(C)Cl)OC. The highest BCUT2D eigenvalue weighted by molar-refractivity contribution is 6.21. The van der Waals surface area contributed by atoms with Crippen molar-refractivity contribution in [3.8, 4) is 0 Å². The lowest BCUT2D eigenvalue weighted by atomic mass is 10.0. The lowest BCUT2D eigenvalue weighted by Crippen LogP contribution is -2.22. The first kappa shape index (κ1) is 11.0. The molecule has 11 heavy (non-hydrogen) atoms. The number of halogens is 1. The van der Waals surface area contributed by atoms with E-state index < -0.39 is 0 Å². The highest BCUT2D eigenvalue weighted by Gasteiger charge is 2.16. The van der Waals surface area contributed by atoms with Crippen LogP contribution in [0.15, 0.2) is 12.2 Å². The van der Waals surface area contributed by atoms with Gasteiger partial charge in [-0.3, -0.25) is 0 Å². The maximum absolute atomic E-state index is 5.76. The second kappa shape index (κ2) is 4.78. The number of methoxy groups -OCH3 is 1. The Morgan fingerprint density at radius 2 is 2.18 bits per heavy atom. The van der Waals surface area contributed by atoms with Crippen LogP contribution < -0.4 is 0 Å². The third-order valence-electron chi connectivity index (χ3n) is 1.88. The molecule has 0 N–H and O–H groups in total. The van der Waals surface area contributed by atoms with Crippen molar-refractivity contribution in [2.45, 2.75) is 38.2 Å². The van der Waals surface area contributed by atoms with E-state index in [4.69, 9.17) is 16.3 Å². The monoisotopic (exact) mass is 176 g/mol. The number of alkyl halides is 1. The Labute approximate surface area is 74.4 Å². The fourth-order valence-electron chi connectivity index (χ4n) is 0.666. The van der Waals surface area contributed by atoms with Gasteiger partial charge in [-0.1, -0.05) is 19.1 Å². The Morgan fingerprint density at radius 3 is 2.45 bits per heavy atom. The summed E-state index contributed by atoms with van der Waals surface area (Å²) in [4.78, 5) is 0. The zero-order valence-corrected chi connectivity index (χ0v) is 8.48. The van der Waals surface area contributed by atoms with E-state index in [9.17, 15) is 0 Å². The van der Waals surface area contributed by atoms with Gasteiger partial charge in [0.2, 0.25) is 0 Å². The molecule has 0 saturated carbocycles. The predicted molar refractivity (Wildman–Crippen MR) is 50.2 cm³/mol. The van der Waals surface area contributed by atoms with E-state index >= 15 is 0 Å². The van der Waals surface area contributed by atoms with Crippen molar-refractivity contribution < 1.29 is 4.74 Å².